The highest BCUT2D eigenvalue weighted by molar-refractivity contribution is 7.99. The molecule has 0 amide bonds. The molecule has 0 N–H and O–H groups in total. The number of nitrogens with zero attached hydrogens (tertiary/aromatic N) is 4. The van der Waals surface area contributed by atoms with Crippen LogP contribution < -0.4 is 0 Å². The summed E-state index contributed by atoms with van der Waals surface area (Å²) in [6.45, 7) is 6.90. The number of halogens is 2. The summed E-state index contributed by atoms with van der Waals surface area (Å²) in [4.78, 5) is 13.0. The Morgan fingerprint density at radius 2 is 1.79 bits per heavy atom. The Kier molecular flexibility index (Phi) is 6.74. The number of carbonyl (C=O) groups is 1. The zero-order chi connectivity index (χ0) is 23.5. The molecule has 0 saturated carbocycles. The Morgan fingerprint density at radius 3 is 2.48 bits per heavy atom. The summed E-state index contributed by atoms with van der Waals surface area (Å²) in [7, 11) is 0. The largest absolute Gasteiger partial charge is 0.348 e. The number of aromatic nitrogens is 4. The highest BCUT2D eigenvalue weighted by atomic mass is 32.2. The summed E-state index contributed by atoms with van der Waals surface area (Å²) in [5.41, 5.74) is 3.52. The number of thioether (sulfide) groups is 1. The lowest BCUT2D eigenvalue weighted by Crippen LogP contribution is -2.08. The monoisotopic (exact) mass is 466 g/mol. The molecule has 4 aromatic rings. The number of hydrogen-bond donors (Lipinski definition) is 0. The minimum absolute atomic E-state index is 0.0363. The second-order valence-corrected chi connectivity index (χ2v) is 8.69. The molecule has 0 aliphatic rings. The van der Waals surface area contributed by atoms with Crippen LogP contribution in [0.4, 0.5) is 8.78 Å². The molecule has 170 valence electrons. The lowest BCUT2D eigenvalue weighted by Gasteiger charge is -2.11. The van der Waals surface area contributed by atoms with Gasteiger partial charge >= 0.3 is 0 Å². The van der Waals surface area contributed by atoms with Gasteiger partial charge in [0.15, 0.2) is 16.8 Å². The zero-order valence-corrected chi connectivity index (χ0v) is 19.5. The standard InChI is InChI=1S/C25H24F2N4OS/c1-4-12-30-16(2)13-20(17(30)3)23(32)15-33-25-29-28-24(18-8-6-5-7-9-18)31(25)22-11-10-19(26)14-21(22)27/h5-11,13-14H,4,12,15H2,1-3H3. The number of benzene rings is 2. The van der Waals surface area contributed by atoms with Crippen LogP contribution in [0.5, 0.6) is 0 Å². The van der Waals surface area contributed by atoms with Gasteiger partial charge in [-0.1, -0.05) is 49.0 Å². The van der Waals surface area contributed by atoms with Crippen LogP contribution >= 0.6 is 11.8 Å². The summed E-state index contributed by atoms with van der Waals surface area (Å²) in [6.07, 6.45) is 0.980. The van der Waals surface area contributed by atoms with Crippen LogP contribution in [0.1, 0.15) is 35.1 Å². The molecule has 0 fully saturated rings. The van der Waals surface area contributed by atoms with E-state index in [1.165, 1.54) is 28.5 Å². The van der Waals surface area contributed by atoms with Gasteiger partial charge in [0.05, 0.1) is 11.4 Å². The van der Waals surface area contributed by atoms with Crippen LogP contribution in [0, 0.1) is 25.5 Å². The molecular weight excluding hydrogens is 442 g/mol. The van der Waals surface area contributed by atoms with Crippen molar-refractivity contribution >= 4 is 17.5 Å². The molecule has 2 aromatic heterocycles. The fourth-order valence-electron chi connectivity index (χ4n) is 3.88. The summed E-state index contributed by atoms with van der Waals surface area (Å²) >= 11 is 1.18. The predicted octanol–water partition coefficient (Wildman–Crippen LogP) is 6.02. The van der Waals surface area contributed by atoms with Crippen LogP contribution in [0.25, 0.3) is 17.1 Å². The van der Waals surface area contributed by atoms with Gasteiger partial charge in [-0.3, -0.25) is 9.36 Å². The summed E-state index contributed by atoms with van der Waals surface area (Å²) in [5, 5.41) is 8.84. The molecule has 8 heteroatoms. The SMILES string of the molecule is CCCn1c(C)cc(C(=O)CSc2nnc(-c3ccccc3)n2-c2ccc(F)cc2F)c1C. The second-order valence-electron chi connectivity index (χ2n) is 7.75. The second kappa shape index (κ2) is 9.70. The number of hydrogen-bond acceptors (Lipinski definition) is 4. The molecule has 2 aromatic carbocycles. The van der Waals surface area contributed by atoms with E-state index in [2.05, 4.69) is 21.7 Å². The van der Waals surface area contributed by atoms with E-state index >= 15 is 0 Å². The molecule has 0 atom stereocenters. The van der Waals surface area contributed by atoms with Crippen molar-refractivity contribution in [1.29, 1.82) is 0 Å². The van der Waals surface area contributed by atoms with Crippen LogP contribution in [-0.2, 0) is 6.54 Å². The fraction of sp³-hybridized carbons (Fsp3) is 0.240. The van der Waals surface area contributed by atoms with E-state index in [1.807, 2.05) is 50.2 Å². The summed E-state index contributed by atoms with van der Waals surface area (Å²) < 4.78 is 32.0. The molecule has 0 aliphatic carbocycles. The van der Waals surface area contributed by atoms with Crippen LogP contribution in [0.2, 0.25) is 0 Å². The summed E-state index contributed by atoms with van der Waals surface area (Å²) in [5.74, 6) is -0.907. The zero-order valence-electron chi connectivity index (χ0n) is 18.7. The molecule has 33 heavy (non-hydrogen) atoms. The third kappa shape index (κ3) is 4.61. The van der Waals surface area contributed by atoms with Gasteiger partial charge in [0.1, 0.15) is 11.6 Å². The minimum Gasteiger partial charge on any atom is -0.348 e. The molecular formula is C25H24F2N4OS. The fourth-order valence-corrected chi connectivity index (χ4v) is 4.70. The predicted molar refractivity (Wildman–Crippen MR) is 126 cm³/mol. The molecule has 5 nitrogen and oxygen atoms in total. The molecule has 0 spiro atoms. The average Bonchev–Trinajstić information content (AvgIpc) is 3.34. The first-order chi connectivity index (χ1) is 15.9. The minimum atomic E-state index is -0.733. The van der Waals surface area contributed by atoms with Gasteiger partial charge < -0.3 is 4.57 Å². The highest BCUT2D eigenvalue weighted by Crippen LogP contribution is 2.30. The maximum absolute atomic E-state index is 14.7. The van der Waals surface area contributed by atoms with Crippen molar-refractivity contribution < 1.29 is 13.6 Å². The highest BCUT2D eigenvalue weighted by Gasteiger charge is 2.21. The van der Waals surface area contributed by atoms with Crippen molar-refractivity contribution in [2.75, 3.05) is 5.75 Å². The average molecular weight is 467 g/mol. The van der Waals surface area contributed by atoms with Gasteiger partial charge in [0, 0.05) is 35.1 Å². The van der Waals surface area contributed by atoms with Gasteiger partial charge in [0.2, 0.25) is 0 Å². The molecule has 0 bridgehead atoms. The Balaban J connectivity index is 1.68. The first-order valence-corrected chi connectivity index (χ1v) is 11.7. The first-order valence-electron chi connectivity index (χ1n) is 10.7. The quantitative estimate of drug-likeness (QED) is 0.236. The number of rotatable bonds is 8. The smallest absolute Gasteiger partial charge is 0.196 e. The third-order valence-corrected chi connectivity index (χ3v) is 6.40. The van der Waals surface area contributed by atoms with E-state index in [1.54, 1.807) is 0 Å². The lowest BCUT2D eigenvalue weighted by atomic mass is 10.2. The van der Waals surface area contributed by atoms with Crippen LogP contribution in [0.3, 0.4) is 0 Å². The number of Topliss-reactive ketones (excluding diaryl/α,β-unsaturated/α-hetero) is 1. The molecule has 4 rings (SSSR count). The Bertz CT molecular complexity index is 1300. The van der Waals surface area contributed by atoms with E-state index in [0.29, 0.717) is 16.5 Å². The van der Waals surface area contributed by atoms with Gasteiger partial charge in [-0.2, -0.15) is 0 Å². The maximum Gasteiger partial charge on any atom is 0.196 e. The van der Waals surface area contributed by atoms with Crippen molar-refractivity contribution in [1.82, 2.24) is 19.3 Å². The van der Waals surface area contributed by atoms with Crippen LogP contribution in [-0.4, -0.2) is 30.9 Å². The van der Waals surface area contributed by atoms with E-state index in [9.17, 15) is 13.6 Å². The lowest BCUT2D eigenvalue weighted by molar-refractivity contribution is 0.102. The maximum atomic E-state index is 14.7. The van der Waals surface area contributed by atoms with Crippen LogP contribution in [0.15, 0.2) is 59.8 Å². The molecule has 0 saturated heterocycles. The van der Waals surface area contributed by atoms with E-state index in [4.69, 9.17) is 0 Å². The molecule has 0 aliphatic heterocycles. The van der Waals surface area contributed by atoms with E-state index in [-0.39, 0.29) is 17.2 Å². The summed E-state index contributed by atoms with van der Waals surface area (Å²) in [6, 6.07) is 14.5. The molecule has 0 radical (unpaired) electrons. The third-order valence-electron chi connectivity index (χ3n) is 5.47. The van der Waals surface area contributed by atoms with E-state index in [0.717, 1.165) is 36.0 Å². The van der Waals surface area contributed by atoms with Crippen molar-refractivity contribution in [2.24, 2.45) is 0 Å². The van der Waals surface area contributed by atoms with Gasteiger partial charge in [0.25, 0.3) is 0 Å². The van der Waals surface area contributed by atoms with Crippen molar-refractivity contribution in [3.05, 3.63) is 83.2 Å². The first kappa shape index (κ1) is 22.9. The number of carbonyl (C=O) groups excluding carboxylic acids is 1. The Hall–Kier alpha value is -3.26. The number of ketones is 1. The van der Waals surface area contributed by atoms with Crippen molar-refractivity contribution in [2.45, 2.75) is 38.9 Å². The normalized spacial score (nSPS) is 11.2. The van der Waals surface area contributed by atoms with Crippen molar-refractivity contribution in [3.8, 4) is 17.1 Å². The Labute approximate surface area is 195 Å². The van der Waals surface area contributed by atoms with Gasteiger partial charge in [-0.25, -0.2) is 8.78 Å². The van der Waals surface area contributed by atoms with Gasteiger partial charge in [-0.15, -0.1) is 10.2 Å². The Morgan fingerprint density at radius 1 is 1.03 bits per heavy atom. The van der Waals surface area contributed by atoms with Gasteiger partial charge in [-0.05, 0) is 38.5 Å². The molecule has 0 unspecified atom stereocenters. The molecule has 2 heterocycles. The topological polar surface area (TPSA) is 52.7 Å². The van der Waals surface area contributed by atoms with Crippen molar-refractivity contribution in [3.63, 3.8) is 0 Å². The number of aryl methyl sites for hydroxylation is 1. The van der Waals surface area contributed by atoms with E-state index < -0.39 is 11.6 Å².